The van der Waals surface area contributed by atoms with Gasteiger partial charge in [0.2, 0.25) is 0 Å². The van der Waals surface area contributed by atoms with Crippen molar-refractivity contribution in [1.29, 1.82) is 0 Å². The summed E-state index contributed by atoms with van der Waals surface area (Å²) in [5.41, 5.74) is 2.89. The number of rotatable bonds is 2. The first-order valence-corrected chi connectivity index (χ1v) is 20.1. The van der Waals surface area contributed by atoms with Gasteiger partial charge in [0.15, 0.2) is 11.2 Å². The maximum Gasteiger partial charge on any atom is 0.340 e. The highest BCUT2D eigenvalue weighted by molar-refractivity contribution is 5.97. The largest absolute Gasteiger partial charge is 0.508 e. The monoisotopic (exact) mass is 830 g/mol. The van der Waals surface area contributed by atoms with E-state index in [-0.39, 0.29) is 37.9 Å². The van der Waals surface area contributed by atoms with E-state index >= 15 is 0 Å². The molecule has 0 fully saturated rings. The Bertz CT molecular complexity index is 2230. The predicted octanol–water partition coefficient (Wildman–Crippen LogP) is 13.4. The van der Waals surface area contributed by atoms with E-state index in [1.165, 1.54) is 37.1 Å². The fourth-order valence-corrected chi connectivity index (χ4v) is 6.86. The van der Waals surface area contributed by atoms with Crippen molar-refractivity contribution in [1.82, 2.24) is 0 Å². The molecule has 61 heavy (non-hydrogen) atoms. The van der Waals surface area contributed by atoms with Gasteiger partial charge in [-0.1, -0.05) is 144 Å². The van der Waals surface area contributed by atoms with E-state index in [0.717, 1.165) is 16.7 Å². The number of phenols is 4. The second-order valence-electron chi connectivity index (χ2n) is 13.2. The number of ether oxygens (including phenoxy) is 3. The Labute approximate surface area is 361 Å². The number of hydrogen-bond acceptors (Lipinski definition) is 9. The minimum atomic E-state index is -1.17. The summed E-state index contributed by atoms with van der Waals surface area (Å²) in [4.78, 5) is 25.0. The second kappa shape index (κ2) is 22.6. The van der Waals surface area contributed by atoms with Gasteiger partial charge in [-0.3, -0.25) is 0 Å². The third kappa shape index (κ3) is 9.84. The Kier molecular flexibility index (Phi) is 18.7. The van der Waals surface area contributed by atoms with Gasteiger partial charge in [0.25, 0.3) is 0 Å². The van der Waals surface area contributed by atoms with Crippen LogP contribution in [0.25, 0.3) is 0 Å². The second-order valence-corrected chi connectivity index (χ2v) is 13.2. The van der Waals surface area contributed by atoms with E-state index in [1.54, 1.807) is 84.9 Å². The van der Waals surface area contributed by atoms with Crippen LogP contribution in [0.15, 0.2) is 133 Å². The molecule has 6 aromatic rings. The van der Waals surface area contributed by atoms with Crippen LogP contribution < -0.4 is 4.74 Å². The maximum atomic E-state index is 12.5. The maximum absolute atomic E-state index is 12.5. The van der Waals surface area contributed by atoms with Gasteiger partial charge in [0.1, 0.15) is 34.5 Å². The summed E-state index contributed by atoms with van der Waals surface area (Å²) < 4.78 is 17.6. The molecule has 324 valence electrons. The average Bonchev–Trinajstić information content (AvgIpc) is 3.72. The van der Waals surface area contributed by atoms with Gasteiger partial charge in [0, 0.05) is 45.5 Å². The number of fused-ring (bicyclic) bond motifs is 7. The van der Waals surface area contributed by atoms with Crippen LogP contribution in [0.2, 0.25) is 0 Å². The number of esters is 2. The number of phenolic OH excluding ortho intramolecular Hbond substituents is 4. The molecule has 0 amide bonds. The quantitative estimate of drug-likeness (QED) is 0.125. The van der Waals surface area contributed by atoms with Gasteiger partial charge in [-0.05, 0) is 60.7 Å². The molecule has 3 aliphatic heterocycles. The molecule has 0 unspecified atom stereocenters. The van der Waals surface area contributed by atoms with E-state index in [4.69, 9.17) is 14.2 Å². The summed E-state index contributed by atoms with van der Waals surface area (Å²) in [6.45, 7) is 16.5. The highest BCUT2D eigenvalue weighted by Gasteiger charge is 2.53. The van der Waals surface area contributed by atoms with Crippen molar-refractivity contribution in [2.24, 2.45) is 0 Å². The van der Waals surface area contributed by atoms with Crippen molar-refractivity contribution in [3.8, 4) is 34.5 Å². The van der Waals surface area contributed by atoms with E-state index in [0.29, 0.717) is 39.3 Å². The predicted molar refractivity (Wildman–Crippen MR) is 244 cm³/mol. The molecule has 9 heteroatoms. The number of carbonyl (C=O) groups excluding carboxylic acids is 2. The van der Waals surface area contributed by atoms with Crippen molar-refractivity contribution < 1.29 is 44.2 Å². The molecule has 3 heterocycles. The van der Waals surface area contributed by atoms with E-state index in [2.05, 4.69) is 27.7 Å². The van der Waals surface area contributed by atoms with Gasteiger partial charge in [-0.25, -0.2) is 9.59 Å². The number of hydrogen-bond donors (Lipinski definition) is 4. The molecule has 4 N–H and O–H groups in total. The molecule has 9 rings (SSSR count). The van der Waals surface area contributed by atoms with Crippen molar-refractivity contribution in [2.75, 3.05) is 0 Å². The zero-order valence-corrected chi connectivity index (χ0v) is 34.9. The van der Waals surface area contributed by atoms with Gasteiger partial charge >= 0.3 is 11.9 Å². The molecule has 0 aliphatic carbocycles. The van der Waals surface area contributed by atoms with Crippen LogP contribution in [0.1, 0.15) is 137 Å². The first-order chi connectivity index (χ1) is 28.5. The molecule has 0 aromatic heterocycles. The first-order valence-electron chi connectivity index (χ1n) is 20.1. The normalized spacial score (nSPS) is 13.1. The van der Waals surface area contributed by atoms with E-state index < -0.39 is 23.1 Å². The van der Waals surface area contributed by atoms with Crippen molar-refractivity contribution in [3.05, 3.63) is 178 Å². The van der Waals surface area contributed by atoms with Crippen LogP contribution in [-0.2, 0) is 20.7 Å². The summed E-state index contributed by atoms with van der Waals surface area (Å²) >= 11 is 0. The lowest BCUT2D eigenvalue weighted by atomic mass is 9.77. The highest BCUT2D eigenvalue weighted by atomic mass is 16.6. The molecule has 0 atom stereocenters. The minimum Gasteiger partial charge on any atom is -0.508 e. The first kappa shape index (κ1) is 50.4. The Hall–Kier alpha value is -6.74. The summed E-state index contributed by atoms with van der Waals surface area (Å²) in [6.07, 6.45) is 2.50. The molecule has 0 radical (unpaired) electrons. The summed E-state index contributed by atoms with van der Waals surface area (Å²) in [6, 6.07) is 37.0. The molecular formula is C52H62O9. The van der Waals surface area contributed by atoms with Crippen molar-refractivity contribution in [2.45, 2.75) is 94.3 Å². The molecule has 3 aliphatic rings. The standard InChI is InChI=1S/C20H12O5.C20H14O4.2C3H8.2C2H6.2CH4/c21-11-5-7-15-17(9-11)24-18-10-12(22)6-8-16(18)20(15)14-4-2-1-3-13(14)19(23)25-20;21-15-9-5-13(6-10-15)20(14-7-11-16(22)12-8-14)18-4-2-1-3-17(18)19(23)24-20;2*1-3-2;2*1-2;;/h1-10,21-22H;1-12,21-22H;2*3H2,1-2H3;2*1-2H3;2*1H4. The summed E-state index contributed by atoms with van der Waals surface area (Å²) in [5.74, 6) is 0.284. The SMILES string of the molecule is C.C.CC.CC.CCC.CCC.O=C1OC(c2ccc(O)cc2)(c2ccc(O)cc2)c2ccccc21.O=C1OC2(c3ccc(O)cc3Oc3cc(O)ccc32)c2ccccc21. The average molecular weight is 831 g/mol. The molecule has 6 aromatic carbocycles. The number of aromatic hydroxyl groups is 4. The van der Waals surface area contributed by atoms with Crippen molar-refractivity contribution >= 4 is 11.9 Å². The summed E-state index contributed by atoms with van der Waals surface area (Å²) in [7, 11) is 0. The topological polar surface area (TPSA) is 143 Å². The van der Waals surface area contributed by atoms with E-state index in [9.17, 15) is 30.0 Å². The number of benzene rings is 6. The Balaban J connectivity index is 0.000000339. The minimum absolute atomic E-state index is 0. The van der Waals surface area contributed by atoms with Gasteiger partial charge < -0.3 is 34.6 Å². The van der Waals surface area contributed by atoms with Crippen LogP contribution >= 0.6 is 0 Å². The van der Waals surface area contributed by atoms with Gasteiger partial charge in [0.05, 0.1) is 11.1 Å². The molecule has 0 saturated carbocycles. The third-order valence-corrected chi connectivity index (χ3v) is 9.00. The molecule has 0 saturated heterocycles. The van der Waals surface area contributed by atoms with Crippen molar-refractivity contribution in [3.63, 3.8) is 0 Å². The van der Waals surface area contributed by atoms with Crippen LogP contribution in [0.5, 0.6) is 34.5 Å². The van der Waals surface area contributed by atoms with Crippen LogP contribution in [0, 0.1) is 0 Å². The molecular weight excluding hydrogens is 769 g/mol. The van der Waals surface area contributed by atoms with Gasteiger partial charge in [-0.15, -0.1) is 0 Å². The smallest absolute Gasteiger partial charge is 0.340 e. The Morgan fingerprint density at radius 3 is 1.11 bits per heavy atom. The lowest BCUT2D eigenvalue weighted by molar-refractivity contribution is 0.0221. The summed E-state index contributed by atoms with van der Waals surface area (Å²) in [5, 5.41) is 38.9. The molecule has 1 spiro atoms. The highest BCUT2D eigenvalue weighted by Crippen LogP contribution is 2.57. The van der Waals surface area contributed by atoms with Gasteiger partial charge in [-0.2, -0.15) is 0 Å². The fourth-order valence-electron chi connectivity index (χ4n) is 6.86. The lowest BCUT2D eigenvalue weighted by Crippen LogP contribution is -2.32. The molecule has 0 bridgehead atoms. The van der Waals surface area contributed by atoms with Crippen LogP contribution in [0.4, 0.5) is 0 Å². The molecule has 9 nitrogen and oxygen atoms in total. The Morgan fingerprint density at radius 1 is 0.426 bits per heavy atom. The zero-order valence-electron chi connectivity index (χ0n) is 34.9. The van der Waals surface area contributed by atoms with Crippen LogP contribution in [-0.4, -0.2) is 32.4 Å². The fraction of sp³-hybridized carbons (Fsp3) is 0.269. The van der Waals surface area contributed by atoms with Crippen LogP contribution in [0.3, 0.4) is 0 Å². The number of carbonyl (C=O) groups is 2. The van der Waals surface area contributed by atoms with E-state index in [1.807, 2.05) is 52.0 Å². The lowest BCUT2D eigenvalue weighted by Gasteiger charge is -2.36. The Morgan fingerprint density at radius 2 is 0.738 bits per heavy atom. The zero-order chi connectivity index (χ0) is 43.3. The third-order valence-electron chi connectivity index (χ3n) is 9.00. The number of cyclic esters (lactones) is 1.